The first-order valence-corrected chi connectivity index (χ1v) is 45.1. The van der Waals surface area contributed by atoms with E-state index in [1.807, 2.05) is 188 Å². The summed E-state index contributed by atoms with van der Waals surface area (Å²) in [5, 5.41) is 50.6. The molecular weight excluding hydrogens is 1720 g/mol. The van der Waals surface area contributed by atoms with Crippen molar-refractivity contribution in [1.29, 1.82) is 0 Å². The molecule has 12 rings (SSSR count). The van der Waals surface area contributed by atoms with Gasteiger partial charge in [-0.2, -0.15) is 29.9 Å². The molecule has 0 aliphatic rings. The molecule has 0 unspecified atom stereocenters. The molecule has 0 fully saturated rings. The predicted octanol–water partition coefficient (Wildman–Crippen LogP) is 21.7. The molecule has 0 bridgehead atoms. The van der Waals surface area contributed by atoms with Crippen LogP contribution in [0.15, 0.2) is 176 Å². The van der Waals surface area contributed by atoms with Crippen molar-refractivity contribution in [2.45, 2.75) is 239 Å². The quantitative estimate of drug-likeness (QED) is 0.0300. The molecule has 708 valence electrons. The van der Waals surface area contributed by atoms with Gasteiger partial charge in [0.15, 0.2) is 0 Å². The number of aryl methyl sites for hydroxylation is 8. The normalized spacial score (nSPS) is 11.3. The number of aromatic nitrogens is 12. The Balaban J connectivity index is 0.000000218. The summed E-state index contributed by atoms with van der Waals surface area (Å²) in [5.74, 6) is 7.15. The molecule has 35 heteroatoms. The van der Waals surface area contributed by atoms with Crippen molar-refractivity contribution >= 4 is 155 Å². The van der Waals surface area contributed by atoms with E-state index in [0.29, 0.717) is 58.6 Å². The van der Waals surface area contributed by atoms with Crippen LogP contribution in [0.1, 0.15) is 199 Å². The molecule has 0 aliphatic heterocycles. The van der Waals surface area contributed by atoms with Crippen LogP contribution in [-0.4, -0.2) is 119 Å². The third kappa shape index (κ3) is 38.5. The van der Waals surface area contributed by atoms with Crippen LogP contribution >= 0.6 is 11.6 Å². The molecule has 18 N–H and O–H groups in total. The Labute approximate surface area is 789 Å². The SMILES string of the molecule is CC(=O)Nc1cccc(Nc2nc(NC(C)(C)C)ncc2C)c1.CC(=O)Nc1cccc(Nc2nc(NC(C)(C)C)ncc2C)c1C.Cc1cc(Nc2nc(NC(C)(C)C)ncc2C)ccc1Cl.Cc1cccc(Nc2nc(NC(C)(C)C)ncc2C)c1.Cc1cnc(NC(C)(C)C)nc1Nc1cccc(C(N)=O)c1.Cc1cnc(NC(C)(C)C)nc1Nc1cccc(S(N)(=O)=O)c1. The molecule has 12 aromatic rings. The molecule has 6 aromatic carbocycles. The van der Waals surface area contributed by atoms with E-state index >= 15 is 0 Å². The number of nitrogens with one attached hydrogen (secondary N) is 14. The van der Waals surface area contributed by atoms with E-state index in [2.05, 4.69) is 236 Å². The number of halogens is 1. The molecule has 0 saturated carbocycles. The zero-order chi connectivity index (χ0) is 98.9. The Morgan fingerprint density at radius 2 is 0.602 bits per heavy atom. The van der Waals surface area contributed by atoms with Crippen LogP contribution < -0.4 is 85.3 Å². The lowest BCUT2D eigenvalue weighted by molar-refractivity contribution is -0.115. The Hall–Kier alpha value is -14.0. The van der Waals surface area contributed by atoms with Gasteiger partial charge in [0.05, 0.1) is 4.90 Å². The number of rotatable bonds is 22. The summed E-state index contributed by atoms with van der Waals surface area (Å²) in [6.07, 6.45) is 10.7. The van der Waals surface area contributed by atoms with Gasteiger partial charge in [-0.25, -0.2) is 43.5 Å². The van der Waals surface area contributed by atoms with Crippen molar-refractivity contribution in [1.82, 2.24) is 59.8 Å². The van der Waals surface area contributed by atoms with E-state index in [1.165, 1.54) is 31.5 Å². The molecule has 0 saturated heterocycles. The van der Waals surface area contributed by atoms with Crippen LogP contribution in [0.4, 0.5) is 116 Å². The highest BCUT2D eigenvalue weighted by atomic mass is 35.5. The summed E-state index contributed by atoms with van der Waals surface area (Å²) >= 11 is 6.05. The predicted molar refractivity (Wildman–Crippen MR) is 547 cm³/mol. The lowest BCUT2D eigenvalue weighted by Gasteiger charge is -2.21. The summed E-state index contributed by atoms with van der Waals surface area (Å²) < 4.78 is 22.9. The zero-order valence-electron chi connectivity index (χ0n) is 82.0. The molecule has 0 aliphatic carbocycles. The number of anilines is 20. The van der Waals surface area contributed by atoms with Crippen LogP contribution in [-0.2, 0) is 19.6 Å². The summed E-state index contributed by atoms with van der Waals surface area (Å²) in [6, 6.07) is 40.5. The van der Waals surface area contributed by atoms with Crippen LogP contribution in [0.2, 0.25) is 5.02 Å². The number of amides is 3. The van der Waals surface area contributed by atoms with Crippen LogP contribution in [0.25, 0.3) is 0 Å². The van der Waals surface area contributed by atoms with Gasteiger partial charge in [-0.05, 0) is 301 Å². The van der Waals surface area contributed by atoms with Crippen molar-refractivity contribution in [3.63, 3.8) is 0 Å². The standard InChI is InChI=1S/C18H25N5O.C17H23N5O.C16H21ClN4.C16H21N5O.C16H22N4.C15H21N5O2S/c1-11-10-19-17(23-18(4,5)6)22-16(11)21-15-9-7-8-14(12(15)2)20-13(3)24;1-11-10-18-16(22-17(3,4)5)21-15(11)20-14-8-6-7-13(9-14)19-12(2)23;1-10-8-12(6-7-13(10)17)19-14-11(2)9-18-15(20-14)21-16(3,4)5;1-10-9-18-15(21-16(2,3)4)20-14(10)19-12-7-5-6-11(8-12)13(17)22;1-11-7-6-8-13(9-11)18-14-12(2)10-17-15(19-14)20-16(3,4)5;1-10-9-17-14(20-15(2,3)4)19-13(10)18-11-6-5-7-12(8-11)23(16,21)22/h7-10H,1-6H3,(H,20,24)(H2,19,21,22,23);6-10H,1-5H3,(H,19,23)(H2,18,20,21,22);6-9H,1-5H3,(H2,18,19,20,21);5-9H,1-4H3,(H2,17,22)(H2,18,19,20,21);6-10H,1-5H3,(H2,17,18,19,20);5-9H,1-4H3,(H2,16,21,22)(H2,17,18,19,20). The van der Waals surface area contributed by atoms with Crippen LogP contribution in [0.5, 0.6) is 0 Å². The zero-order valence-corrected chi connectivity index (χ0v) is 83.6. The number of benzene rings is 6. The van der Waals surface area contributed by atoms with E-state index in [1.54, 1.807) is 55.1 Å². The third-order valence-corrected chi connectivity index (χ3v) is 19.0. The lowest BCUT2D eigenvalue weighted by Crippen LogP contribution is -2.27. The monoisotopic (exact) mass is 1850 g/mol. The number of carbonyl (C=O) groups is 3. The number of primary amides is 1. The maximum Gasteiger partial charge on any atom is 0.248 e. The molecule has 6 aromatic heterocycles. The van der Waals surface area contributed by atoms with Gasteiger partial charge in [-0.15, -0.1) is 0 Å². The minimum absolute atomic E-state index is 0.0437. The topological polar surface area (TPSA) is 460 Å². The number of nitrogens with two attached hydrogens (primary N) is 2. The highest BCUT2D eigenvalue weighted by Crippen LogP contribution is 2.32. The van der Waals surface area contributed by atoms with E-state index in [9.17, 15) is 22.8 Å². The highest BCUT2D eigenvalue weighted by Gasteiger charge is 2.21. The smallest absolute Gasteiger partial charge is 0.248 e. The van der Waals surface area contributed by atoms with E-state index < -0.39 is 15.9 Å². The van der Waals surface area contributed by atoms with Gasteiger partial charge in [0.1, 0.15) is 34.9 Å². The highest BCUT2D eigenvalue weighted by molar-refractivity contribution is 7.89. The van der Waals surface area contributed by atoms with Crippen molar-refractivity contribution < 1.29 is 22.8 Å². The molecular formula is C98H133ClN28O5S. The number of carbonyl (C=O) groups excluding carboxylic acids is 3. The summed E-state index contributed by atoms with van der Waals surface area (Å²) in [7, 11) is -3.75. The van der Waals surface area contributed by atoms with E-state index in [4.69, 9.17) is 22.5 Å². The van der Waals surface area contributed by atoms with Crippen LogP contribution in [0.3, 0.4) is 0 Å². The Morgan fingerprint density at radius 1 is 0.316 bits per heavy atom. The first-order valence-electron chi connectivity index (χ1n) is 43.2. The Bertz CT molecular complexity index is 6110. The second-order valence-corrected chi connectivity index (χ2v) is 40.1. The second-order valence-electron chi connectivity index (χ2n) is 38.1. The number of primary sulfonamides is 1. The fourth-order valence-electron chi connectivity index (χ4n) is 11.5. The third-order valence-electron chi connectivity index (χ3n) is 17.6. The van der Waals surface area contributed by atoms with Gasteiger partial charge in [-0.3, -0.25) is 14.4 Å². The minimum atomic E-state index is -3.75. The van der Waals surface area contributed by atoms with Crippen molar-refractivity contribution in [2.24, 2.45) is 10.9 Å². The van der Waals surface area contributed by atoms with Crippen LogP contribution in [0, 0.1) is 62.3 Å². The number of hydrogen-bond acceptors (Lipinski definition) is 29. The Morgan fingerprint density at radius 3 is 0.925 bits per heavy atom. The lowest BCUT2D eigenvalue weighted by atomic mass is 10.1. The van der Waals surface area contributed by atoms with Gasteiger partial charge in [0.25, 0.3) is 0 Å². The number of nitrogens with zero attached hydrogens (tertiary/aromatic N) is 12. The maximum absolute atomic E-state index is 11.4. The van der Waals surface area contributed by atoms with Gasteiger partial charge in [0.2, 0.25) is 63.4 Å². The summed E-state index contributed by atoms with van der Waals surface area (Å²) in [6.45, 7) is 57.7. The molecule has 6 heterocycles. The van der Waals surface area contributed by atoms with Crippen molar-refractivity contribution in [3.8, 4) is 0 Å². The molecule has 0 radical (unpaired) electrons. The molecule has 0 atom stereocenters. The Kier molecular flexibility index (Phi) is 36.8. The molecule has 133 heavy (non-hydrogen) atoms. The second kappa shape index (κ2) is 46.2. The van der Waals surface area contributed by atoms with Crippen molar-refractivity contribution in [2.75, 3.05) is 74.4 Å². The summed E-state index contributed by atoms with van der Waals surface area (Å²) in [5.41, 5.74) is 20.5. The molecule has 33 nitrogen and oxygen atoms in total. The molecule has 3 amide bonds. The maximum atomic E-state index is 11.4. The summed E-state index contributed by atoms with van der Waals surface area (Å²) in [4.78, 5) is 86.6. The van der Waals surface area contributed by atoms with Gasteiger partial charge in [0, 0.05) is 174 Å². The van der Waals surface area contributed by atoms with Gasteiger partial charge in [-0.1, -0.05) is 48.0 Å². The minimum Gasteiger partial charge on any atom is -0.366 e. The van der Waals surface area contributed by atoms with E-state index in [-0.39, 0.29) is 49.9 Å². The first-order chi connectivity index (χ1) is 61.7. The van der Waals surface area contributed by atoms with E-state index in [0.717, 1.165) is 113 Å². The first kappa shape index (κ1) is 106. The number of sulfonamides is 1. The van der Waals surface area contributed by atoms with Gasteiger partial charge >= 0.3 is 0 Å². The van der Waals surface area contributed by atoms with Crippen molar-refractivity contribution in [3.05, 3.63) is 231 Å². The largest absolute Gasteiger partial charge is 0.366 e. The average molecular weight is 1850 g/mol. The number of hydrogen-bond donors (Lipinski definition) is 16. The average Bonchev–Trinajstić information content (AvgIpc) is 0.860. The fraction of sp³-hybridized carbons (Fsp3) is 0.357. The molecule has 0 spiro atoms. The fourth-order valence-corrected chi connectivity index (χ4v) is 12.2. The van der Waals surface area contributed by atoms with Gasteiger partial charge < -0.3 is 80.2 Å².